The Bertz CT molecular complexity index is 1030. The molecule has 9 nitrogen and oxygen atoms in total. The van der Waals surface area contributed by atoms with Crippen molar-refractivity contribution in [1.82, 2.24) is 4.57 Å². The number of hydrogen-bond donors (Lipinski definition) is 3. The molecule has 0 aliphatic carbocycles. The van der Waals surface area contributed by atoms with Gasteiger partial charge in [-0.15, -0.1) is 4.40 Å². The Morgan fingerprint density at radius 3 is 2.20 bits per heavy atom. The van der Waals surface area contributed by atoms with Crippen LogP contribution in [0.1, 0.15) is 21.6 Å². The molecule has 0 saturated carbocycles. The number of carbonyl (C=O) groups is 1. The standard InChI is InChI=1S/C15H16N4O5S/c1-8-7-12(20)19(9(2)13(8)14(21)22)10-3-5-11(6-4-10)25(23,24)18-15(16)17/h3-7H,1-2H3,(H,21,22)(H4,16,17,18). The zero-order valence-electron chi connectivity index (χ0n) is 13.4. The molecule has 25 heavy (non-hydrogen) atoms. The molecule has 0 bridgehead atoms. The third-order valence-electron chi connectivity index (χ3n) is 3.48. The van der Waals surface area contributed by atoms with E-state index in [0.29, 0.717) is 11.3 Å². The van der Waals surface area contributed by atoms with Crippen molar-refractivity contribution in [3.63, 3.8) is 0 Å². The molecule has 0 fully saturated rings. The minimum absolute atomic E-state index is 0.0109. The van der Waals surface area contributed by atoms with Gasteiger partial charge in [-0.05, 0) is 43.7 Å². The van der Waals surface area contributed by atoms with E-state index in [0.717, 1.165) is 0 Å². The first-order valence-electron chi connectivity index (χ1n) is 6.97. The number of benzene rings is 1. The first kappa shape index (κ1) is 18.2. The Morgan fingerprint density at radius 1 is 1.16 bits per heavy atom. The predicted octanol–water partition coefficient (Wildman–Crippen LogP) is 0.115. The minimum Gasteiger partial charge on any atom is -0.478 e. The number of aryl methyl sites for hydroxylation is 1. The molecule has 2 aromatic rings. The maximum Gasteiger partial charge on any atom is 0.337 e. The number of carboxylic acid groups (broad SMARTS) is 1. The number of hydrogen-bond acceptors (Lipinski definition) is 4. The van der Waals surface area contributed by atoms with Crippen LogP contribution in [0.3, 0.4) is 0 Å². The molecule has 0 spiro atoms. The summed E-state index contributed by atoms with van der Waals surface area (Å²) in [5.74, 6) is -1.75. The maximum absolute atomic E-state index is 12.3. The van der Waals surface area contributed by atoms with Crippen LogP contribution in [0.4, 0.5) is 0 Å². The second-order valence-corrected chi connectivity index (χ2v) is 6.86. The van der Waals surface area contributed by atoms with Crippen LogP contribution in [0.15, 0.2) is 44.4 Å². The highest BCUT2D eigenvalue weighted by molar-refractivity contribution is 7.90. The molecule has 0 aliphatic rings. The zero-order chi connectivity index (χ0) is 18.9. The topological polar surface area (TPSA) is 158 Å². The van der Waals surface area contributed by atoms with Crippen molar-refractivity contribution in [3.8, 4) is 5.69 Å². The van der Waals surface area contributed by atoms with E-state index >= 15 is 0 Å². The Balaban J connectivity index is 2.63. The molecule has 0 aliphatic heterocycles. The average Bonchev–Trinajstić information content (AvgIpc) is 2.45. The normalized spacial score (nSPS) is 11.1. The SMILES string of the molecule is Cc1cc(=O)n(-c2ccc(S(=O)(=O)N=C(N)N)cc2)c(C)c1C(=O)O. The number of nitrogens with zero attached hydrogens (tertiary/aromatic N) is 2. The monoisotopic (exact) mass is 364 g/mol. The Labute approximate surface area is 143 Å². The van der Waals surface area contributed by atoms with Crippen LogP contribution in [-0.4, -0.2) is 30.0 Å². The van der Waals surface area contributed by atoms with Gasteiger partial charge in [-0.2, -0.15) is 8.42 Å². The molecule has 0 atom stereocenters. The summed E-state index contributed by atoms with van der Waals surface area (Å²) in [5.41, 5.74) is 10.6. The number of pyridine rings is 1. The van der Waals surface area contributed by atoms with Crippen molar-refractivity contribution in [2.45, 2.75) is 18.7 Å². The molecule has 1 aromatic heterocycles. The number of nitrogens with two attached hydrogens (primary N) is 2. The van der Waals surface area contributed by atoms with Crippen LogP contribution in [0.2, 0.25) is 0 Å². The van der Waals surface area contributed by atoms with E-state index in [1.54, 1.807) is 0 Å². The van der Waals surface area contributed by atoms with Crippen molar-refractivity contribution in [3.05, 3.63) is 57.5 Å². The van der Waals surface area contributed by atoms with E-state index in [4.69, 9.17) is 11.5 Å². The number of carboxylic acids is 1. The van der Waals surface area contributed by atoms with Crippen molar-refractivity contribution in [1.29, 1.82) is 0 Å². The Kier molecular flexibility index (Phi) is 4.66. The van der Waals surface area contributed by atoms with Gasteiger partial charge in [0.25, 0.3) is 15.6 Å². The van der Waals surface area contributed by atoms with Crippen molar-refractivity contribution in [2.75, 3.05) is 0 Å². The van der Waals surface area contributed by atoms with E-state index in [-0.39, 0.29) is 16.2 Å². The third-order valence-corrected chi connectivity index (χ3v) is 4.80. The molecule has 5 N–H and O–H groups in total. The van der Waals surface area contributed by atoms with Gasteiger partial charge < -0.3 is 16.6 Å². The molecule has 0 radical (unpaired) electrons. The van der Waals surface area contributed by atoms with Gasteiger partial charge in [0.15, 0.2) is 0 Å². The van der Waals surface area contributed by atoms with Crippen molar-refractivity contribution < 1.29 is 18.3 Å². The van der Waals surface area contributed by atoms with Crippen LogP contribution in [0.5, 0.6) is 0 Å². The van der Waals surface area contributed by atoms with E-state index in [2.05, 4.69) is 4.40 Å². The van der Waals surface area contributed by atoms with Crippen LogP contribution >= 0.6 is 0 Å². The van der Waals surface area contributed by atoms with E-state index < -0.39 is 27.5 Å². The molecule has 132 valence electrons. The van der Waals surface area contributed by atoms with Gasteiger partial charge in [0.1, 0.15) is 0 Å². The molecule has 1 heterocycles. The number of rotatable bonds is 4. The van der Waals surface area contributed by atoms with Crippen LogP contribution in [0, 0.1) is 13.8 Å². The summed E-state index contributed by atoms with van der Waals surface area (Å²) in [4.78, 5) is 23.5. The summed E-state index contributed by atoms with van der Waals surface area (Å²) >= 11 is 0. The molecule has 0 amide bonds. The van der Waals surface area contributed by atoms with Crippen molar-refractivity contribution in [2.24, 2.45) is 15.9 Å². The molecule has 10 heteroatoms. The molecule has 2 rings (SSSR count). The van der Waals surface area contributed by atoms with Crippen LogP contribution in [0.25, 0.3) is 5.69 Å². The summed E-state index contributed by atoms with van der Waals surface area (Å²) in [6.45, 7) is 3.04. The van der Waals surface area contributed by atoms with Gasteiger partial charge in [0.2, 0.25) is 5.96 Å². The molecule has 1 aromatic carbocycles. The largest absolute Gasteiger partial charge is 0.478 e. The van der Waals surface area contributed by atoms with Gasteiger partial charge in [0.05, 0.1) is 10.5 Å². The Hall–Kier alpha value is -3.14. The quantitative estimate of drug-likeness (QED) is 0.513. The average molecular weight is 364 g/mol. The second-order valence-electron chi connectivity index (χ2n) is 5.25. The Morgan fingerprint density at radius 2 is 1.72 bits per heavy atom. The lowest BCUT2D eigenvalue weighted by Gasteiger charge is -2.14. The maximum atomic E-state index is 12.3. The third kappa shape index (κ3) is 3.53. The summed E-state index contributed by atoms with van der Waals surface area (Å²) in [6, 6.07) is 6.39. The van der Waals surface area contributed by atoms with E-state index in [1.807, 2.05) is 0 Å². The van der Waals surface area contributed by atoms with Crippen LogP contribution in [-0.2, 0) is 10.0 Å². The van der Waals surface area contributed by atoms with Gasteiger partial charge in [0, 0.05) is 17.4 Å². The summed E-state index contributed by atoms with van der Waals surface area (Å²) < 4.78 is 28.2. The summed E-state index contributed by atoms with van der Waals surface area (Å²) in [5, 5.41) is 9.31. The fourth-order valence-corrected chi connectivity index (χ4v) is 3.35. The van der Waals surface area contributed by atoms with Crippen molar-refractivity contribution >= 4 is 22.0 Å². The predicted molar refractivity (Wildman–Crippen MR) is 91.5 cm³/mol. The molecule has 0 unspecified atom stereocenters. The lowest BCUT2D eigenvalue weighted by atomic mass is 10.1. The van der Waals surface area contributed by atoms with E-state index in [1.165, 1.54) is 48.7 Å². The summed E-state index contributed by atoms with van der Waals surface area (Å²) in [7, 11) is -4.05. The number of guanidine groups is 1. The smallest absolute Gasteiger partial charge is 0.337 e. The second kappa shape index (κ2) is 6.40. The highest BCUT2D eigenvalue weighted by Gasteiger charge is 2.18. The molecular formula is C15H16N4O5S. The van der Waals surface area contributed by atoms with Gasteiger partial charge in [-0.1, -0.05) is 0 Å². The highest BCUT2D eigenvalue weighted by atomic mass is 32.2. The first-order chi connectivity index (χ1) is 11.5. The first-order valence-corrected chi connectivity index (χ1v) is 8.41. The fourth-order valence-electron chi connectivity index (χ4n) is 2.49. The zero-order valence-corrected chi connectivity index (χ0v) is 14.2. The molecule has 0 saturated heterocycles. The number of aromatic nitrogens is 1. The van der Waals surface area contributed by atoms with Crippen LogP contribution < -0.4 is 17.0 Å². The minimum atomic E-state index is -4.05. The van der Waals surface area contributed by atoms with Gasteiger partial charge in [-0.25, -0.2) is 4.79 Å². The number of aromatic carboxylic acids is 1. The lowest BCUT2D eigenvalue weighted by Crippen LogP contribution is -2.24. The van der Waals surface area contributed by atoms with Gasteiger partial charge in [-0.3, -0.25) is 9.36 Å². The highest BCUT2D eigenvalue weighted by Crippen LogP contribution is 2.18. The fraction of sp³-hybridized carbons (Fsp3) is 0.133. The number of sulfonamides is 1. The lowest BCUT2D eigenvalue weighted by molar-refractivity contribution is 0.0694. The van der Waals surface area contributed by atoms with Gasteiger partial charge >= 0.3 is 5.97 Å². The van der Waals surface area contributed by atoms with E-state index in [9.17, 15) is 23.1 Å². The summed E-state index contributed by atoms with van der Waals surface area (Å²) in [6.07, 6.45) is 0. The molecular weight excluding hydrogens is 348 g/mol.